The summed E-state index contributed by atoms with van der Waals surface area (Å²) in [6.07, 6.45) is 1.81. The third-order valence-corrected chi connectivity index (χ3v) is 7.25. The lowest BCUT2D eigenvalue weighted by atomic mass is 9.84. The number of aliphatic hydroxyl groups excluding tert-OH is 1. The quantitative estimate of drug-likeness (QED) is 0.181. The number of aromatic amines is 1. The van der Waals surface area contributed by atoms with E-state index in [-0.39, 0.29) is 23.3 Å². The average Bonchev–Trinajstić information content (AvgIpc) is 3.46. The fourth-order valence-corrected chi connectivity index (χ4v) is 5.21. The van der Waals surface area contributed by atoms with Gasteiger partial charge in [0.05, 0.1) is 25.8 Å². The summed E-state index contributed by atoms with van der Waals surface area (Å²) in [5, 5.41) is 12.5. The number of hydrogen-bond donors (Lipinski definition) is 2. The van der Waals surface area contributed by atoms with Gasteiger partial charge < -0.3 is 24.5 Å². The Morgan fingerprint density at radius 3 is 2.36 bits per heavy atom. The van der Waals surface area contributed by atoms with Crippen molar-refractivity contribution in [1.82, 2.24) is 9.88 Å². The normalized spacial score (nSPS) is 17.2. The molecule has 1 fully saturated rings. The van der Waals surface area contributed by atoms with Crippen LogP contribution in [0.3, 0.4) is 0 Å². The Bertz CT molecular complexity index is 1590. The minimum Gasteiger partial charge on any atom is -0.507 e. The van der Waals surface area contributed by atoms with E-state index in [1.54, 1.807) is 26.4 Å². The highest BCUT2D eigenvalue weighted by molar-refractivity contribution is 6.46. The van der Waals surface area contributed by atoms with E-state index in [0.717, 1.165) is 27.6 Å². The number of benzene rings is 3. The highest BCUT2D eigenvalue weighted by Gasteiger charge is 2.47. The summed E-state index contributed by atoms with van der Waals surface area (Å²) < 4.78 is 10.8. The van der Waals surface area contributed by atoms with Crippen molar-refractivity contribution < 1.29 is 24.2 Å². The number of carbonyl (C=O) groups is 2. The van der Waals surface area contributed by atoms with Gasteiger partial charge in [0, 0.05) is 40.3 Å². The van der Waals surface area contributed by atoms with Gasteiger partial charge >= 0.3 is 0 Å². The molecule has 2 heterocycles. The molecule has 1 amide bonds. The van der Waals surface area contributed by atoms with Crippen LogP contribution in [0.15, 0.2) is 78.5 Å². The third-order valence-electron chi connectivity index (χ3n) is 7.25. The van der Waals surface area contributed by atoms with Crippen molar-refractivity contribution in [1.29, 1.82) is 0 Å². The van der Waals surface area contributed by atoms with E-state index in [2.05, 4.69) is 25.8 Å². The van der Waals surface area contributed by atoms with Gasteiger partial charge in [0.2, 0.25) is 0 Å². The third kappa shape index (κ3) is 4.65. The van der Waals surface area contributed by atoms with Crippen molar-refractivity contribution >= 4 is 28.4 Å². The molecule has 0 bridgehead atoms. The number of likely N-dealkylation sites (tertiary alicyclic amines) is 1. The van der Waals surface area contributed by atoms with E-state index in [9.17, 15) is 14.7 Å². The first kappa shape index (κ1) is 26.1. The summed E-state index contributed by atoms with van der Waals surface area (Å²) in [6.45, 7) is 6.34. The largest absolute Gasteiger partial charge is 0.507 e. The number of aliphatic hydroxyl groups is 1. The van der Waals surface area contributed by atoms with Gasteiger partial charge in [0.25, 0.3) is 11.7 Å². The Hall–Kier alpha value is -4.52. The van der Waals surface area contributed by atoms with Crippen molar-refractivity contribution in [3.05, 3.63) is 101 Å². The number of carbonyl (C=O) groups excluding carboxylic acids is 2. The second kappa shape index (κ2) is 9.98. The molecule has 5 rings (SSSR count). The lowest BCUT2D eigenvalue weighted by Crippen LogP contribution is -2.29. The average molecular weight is 525 g/mol. The Kier molecular flexibility index (Phi) is 6.68. The van der Waals surface area contributed by atoms with Crippen LogP contribution in [-0.2, 0) is 21.5 Å². The predicted octanol–water partition coefficient (Wildman–Crippen LogP) is 6.10. The number of nitrogens with zero attached hydrogens (tertiary/aromatic N) is 1. The number of Topliss-reactive ketones (excluding diaryl/α,β-unsaturated/α-hetero) is 1. The Morgan fingerprint density at radius 2 is 1.69 bits per heavy atom. The minimum absolute atomic E-state index is 0.0586. The molecular formula is C32H32N2O5. The number of nitrogens with one attached hydrogen (secondary N) is 1. The molecule has 200 valence electrons. The van der Waals surface area contributed by atoms with Crippen molar-refractivity contribution in [2.45, 2.75) is 38.8 Å². The fourth-order valence-electron chi connectivity index (χ4n) is 5.21. The molecular weight excluding hydrogens is 492 g/mol. The second-order valence-corrected chi connectivity index (χ2v) is 10.7. The highest BCUT2D eigenvalue weighted by atomic mass is 16.5. The van der Waals surface area contributed by atoms with Gasteiger partial charge in [0.1, 0.15) is 17.3 Å². The smallest absolute Gasteiger partial charge is 0.295 e. The number of ether oxygens (including phenoxy) is 2. The zero-order chi connectivity index (χ0) is 27.9. The van der Waals surface area contributed by atoms with Gasteiger partial charge in [0.15, 0.2) is 0 Å². The van der Waals surface area contributed by atoms with E-state index < -0.39 is 17.7 Å². The topological polar surface area (TPSA) is 91.9 Å². The van der Waals surface area contributed by atoms with Crippen LogP contribution in [0.25, 0.3) is 16.7 Å². The zero-order valence-electron chi connectivity index (χ0n) is 22.7. The molecule has 39 heavy (non-hydrogen) atoms. The Labute approximate surface area is 227 Å². The first-order chi connectivity index (χ1) is 18.6. The van der Waals surface area contributed by atoms with Crippen molar-refractivity contribution in [2.24, 2.45) is 0 Å². The maximum Gasteiger partial charge on any atom is 0.295 e. The van der Waals surface area contributed by atoms with E-state index >= 15 is 0 Å². The molecule has 1 unspecified atom stereocenters. The van der Waals surface area contributed by atoms with Crippen LogP contribution in [0.1, 0.15) is 49.1 Å². The van der Waals surface area contributed by atoms with Crippen LogP contribution in [0.5, 0.6) is 11.5 Å². The maximum atomic E-state index is 13.6. The predicted molar refractivity (Wildman–Crippen MR) is 151 cm³/mol. The number of para-hydroxylation sites is 1. The van der Waals surface area contributed by atoms with Crippen LogP contribution in [0.2, 0.25) is 0 Å². The number of methoxy groups -OCH3 is 2. The number of fused-ring (bicyclic) bond motifs is 1. The van der Waals surface area contributed by atoms with Crippen LogP contribution in [0.4, 0.5) is 0 Å². The lowest BCUT2D eigenvalue weighted by molar-refractivity contribution is -0.140. The molecule has 0 saturated carbocycles. The summed E-state index contributed by atoms with van der Waals surface area (Å²) in [5.41, 5.74) is 3.56. The van der Waals surface area contributed by atoms with Gasteiger partial charge in [-0.2, -0.15) is 0 Å². The number of amides is 1. The van der Waals surface area contributed by atoms with E-state index in [1.807, 2.05) is 60.8 Å². The molecule has 0 spiro atoms. The summed E-state index contributed by atoms with van der Waals surface area (Å²) in [6, 6.07) is 19.6. The second-order valence-electron chi connectivity index (χ2n) is 10.7. The summed E-state index contributed by atoms with van der Waals surface area (Å²) in [7, 11) is 3.20. The molecule has 1 atom stereocenters. The number of hydrogen-bond acceptors (Lipinski definition) is 5. The first-order valence-corrected chi connectivity index (χ1v) is 12.8. The zero-order valence-corrected chi connectivity index (χ0v) is 22.7. The number of ketones is 1. The highest BCUT2D eigenvalue weighted by Crippen LogP contribution is 2.43. The van der Waals surface area contributed by atoms with Gasteiger partial charge in [-0.15, -0.1) is 0 Å². The molecule has 4 aromatic rings. The Morgan fingerprint density at radius 1 is 0.974 bits per heavy atom. The molecule has 0 aliphatic carbocycles. The summed E-state index contributed by atoms with van der Waals surface area (Å²) in [5.74, 6) is -0.207. The summed E-state index contributed by atoms with van der Waals surface area (Å²) >= 11 is 0. The van der Waals surface area contributed by atoms with Crippen LogP contribution >= 0.6 is 0 Å². The van der Waals surface area contributed by atoms with Crippen LogP contribution in [-0.4, -0.2) is 40.9 Å². The fraction of sp³-hybridized carbons (Fsp3) is 0.250. The molecule has 1 aliphatic rings. The SMILES string of the molecule is COc1ccc(CN2C(=O)C(=O)/C(=C(/O)c3ccc(OC)c(C(C)(C)C)c3)C2c2c[nH]c3ccccc23)cc1. The van der Waals surface area contributed by atoms with E-state index in [0.29, 0.717) is 17.1 Å². The molecule has 7 heteroatoms. The monoisotopic (exact) mass is 524 g/mol. The Balaban J connectivity index is 1.69. The molecule has 1 aromatic heterocycles. The van der Waals surface area contributed by atoms with Crippen molar-refractivity contribution in [3.63, 3.8) is 0 Å². The van der Waals surface area contributed by atoms with Crippen molar-refractivity contribution in [3.8, 4) is 11.5 Å². The molecule has 1 saturated heterocycles. The number of rotatable bonds is 6. The standard InChI is InChI=1S/C32H32N2O5/c1-32(2,3)24-16-20(12-15-26(24)39-5)29(35)27-28(23-17-33-25-9-7-6-8-22(23)25)34(31(37)30(27)36)18-19-10-13-21(38-4)14-11-19/h6-17,28,33,35H,18H2,1-5H3/b29-27+. The summed E-state index contributed by atoms with van der Waals surface area (Å²) in [4.78, 5) is 31.9. The van der Waals surface area contributed by atoms with Gasteiger partial charge in [-0.05, 0) is 47.4 Å². The van der Waals surface area contributed by atoms with Crippen LogP contribution < -0.4 is 9.47 Å². The first-order valence-electron chi connectivity index (χ1n) is 12.8. The lowest BCUT2D eigenvalue weighted by Gasteiger charge is -2.26. The van der Waals surface area contributed by atoms with Gasteiger partial charge in [-0.25, -0.2) is 0 Å². The van der Waals surface area contributed by atoms with E-state index in [4.69, 9.17) is 9.47 Å². The minimum atomic E-state index is -0.788. The maximum absolute atomic E-state index is 13.6. The van der Waals surface area contributed by atoms with Gasteiger partial charge in [-0.1, -0.05) is 51.1 Å². The van der Waals surface area contributed by atoms with Crippen molar-refractivity contribution in [2.75, 3.05) is 14.2 Å². The molecule has 1 aliphatic heterocycles. The van der Waals surface area contributed by atoms with Gasteiger partial charge in [-0.3, -0.25) is 9.59 Å². The molecule has 7 nitrogen and oxygen atoms in total. The number of H-pyrrole nitrogens is 1. The molecule has 2 N–H and O–H groups in total. The molecule has 0 radical (unpaired) electrons. The number of aromatic nitrogens is 1. The van der Waals surface area contributed by atoms with E-state index in [1.165, 1.54) is 4.90 Å². The molecule has 3 aromatic carbocycles. The van der Waals surface area contributed by atoms with Crippen LogP contribution in [0, 0.1) is 0 Å².